The molecule has 8 rings (SSSR count). The van der Waals surface area contributed by atoms with Crippen LogP contribution < -0.4 is 0 Å². The lowest BCUT2D eigenvalue weighted by atomic mass is 10.0. The number of furan rings is 1. The lowest BCUT2D eigenvalue weighted by Crippen LogP contribution is -2.00. The zero-order chi connectivity index (χ0) is 27.2. The van der Waals surface area contributed by atoms with E-state index >= 15 is 0 Å². The number of pyridine rings is 1. The Morgan fingerprint density at radius 1 is 0.439 bits per heavy atom. The minimum atomic E-state index is 0.597. The van der Waals surface area contributed by atoms with E-state index in [4.69, 9.17) is 24.4 Å². The van der Waals surface area contributed by atoms with E-state index < -0.39 is 0 Å². The van der Waals surface area contributed by atoms with Crippen molar-refractivity contribution in [1.82, 2.24) is 19.9 Å². The summed E-state index contributed by atoms with van der Waals surface area (Å²) in [5, 5.41) is 3.08. The minimum absolute atomic E-state index is 0.597. The minimum Gasteiger partial charge on any atom is -0.456 e. The number of rotatable bonds is 4. The molecule has 5 nitrogen and oxygen atoms in total. The van der Waals surface area contributed by atoms with Crippen molar-refractivity contribution in [2.75, 3.05) is 0 Å². The topological polar surface area (TPSA) is 64.7 Å². The summed E-state index contributed by atoms with van der Waals surface area (Å²) in [6.07, 6.45) is 0. The predicted octanol–water partition coefficient (Wildman–Crippen LogP) is 8.99. The lowest BCUT2D eigenvalue weighted by Gasteiger charge is -2.09. The van der Waals surface area contributed by atoms with Gasteiger partial charge in [-0.15, -0.1) is 0 Å². The van der Waals surface area contributed by atoms with Gasteiger partial charge in [0.05, 0.1) is 11.2 Å². The Hall–Kier alpha value is -5.68. The fraction of sp³-hybridized carbons (Fsp3) is 0. The van der Waals surface area contributed by atoms with Crippen molar-refractivity contribution >= 4 is 32.8 Å². The number of benzene rings is 5. The summed E-state index contributed by atoms with van der Waals surface area (Å²) in [6, 6.07) is 44.6. The average Bonchev–Trinajstić information content (AvgIpc) is 3.43. The number of hydrogen-bond acceptors (Lipinski definition) is 5. The number of fused-ring (bicyclic) bond motifs is 4. The quantitative estimate of drug-likeness (QED) is 0.229. The molecule has 0 radical (unpaired) electrons. The SMILES string of the molecule is c1ccc(-c2nc(-c3ccccc3)nc(-c3cccc4oc5ccc(-c6ccc7ccccc7n6)cc5c34)n2)cc1. The van der Waals surface area contributed by atoms with Crippen molar-refractivity contribution in [2.45, 2.75) is 0 Å². The van der Waals surface area contributed by atoms with E-state index in [1.54, 1.807) is 0 Å². The van der Waals surface area contributed by atoms with E-state index in [2.05, 4.69) is 36.4 Å². The molecule has 0 saturated heterocycles. The number of hydrogen-bond donors (Lipinski definition) is 0. The van der Waals surface area contributed by atoms with Crippen LogP contribution in [-0.2, 0) is 0 Å². The van der Waals surface area contributed by atoms with Gasteiger partial charge in [-0.3, -0.25) is 0 Å². The maximum Gasteiger partial charge on any atom is 0.164 e. The first kappa shape index (κ1) is 23.2. The smallest absolute Gasteiger partial charge is 0.164 e. The second kappa shape index (κ2) is 9.50. The number of aromatic nitrogens is 4. The van der Waals surface area contributed by atoms with Crippen molar-refractivity contribution in [2.24, 2.45) is 0 Å². The molecule has 0 bridgehead atoms. The second-order valence-corrected chi connectivity index (χ2v) is 9.92. The van der Waals surface area contributed by atoms with Gasteiger partial charge in [0.15, 0.2) is 17.5 Å². The zero-order valence-electron chi connectivity index (χ0n) is 21.9. The average molecular weight is 527 g/mol. The normalized spacial score (nSPS) is 11.4. The molecule has 0 saturated carbocycles. The molecule has 0 aliphatic heterocycles. The first-order valence-corrected chi connectivity index (χ1v) is 13.5. The molecule has 0 spiro atoms. The first-order chi connectivity index (χ1) is 20.3. The van der Waals surface area contributed by atoms with Gasteiger partial charge in [0, 0.05) is 38.4 Å². The summed E-state index contributed by atoms with van der Waals surface area (Å²) < 4.78 is 6.31. The van der Waals surface area contributed by atoms with E-state index in [1.807, 2.05) is 97.1 Å². The van der Waals surface area contributed by atoms with Crippen molar-refractivity contribution in [3.63, 3.8) is 0 Å². The van der Waals surface area contributed by atoms with Gasteiger partial charge in [-0.1, -0.05) is 97.1 Å². The Bertz CT molecular complexity index is 2150. The molecule has 192 valence electrons. The fourth-order valence-corrected chi connectivity index (χ4v) is 5.33. The van der Waals surface area contributed by atoms with Crippen LogP contribution in [0.15, 0.2) is 138 Å². The number of para-hydroxylation sites is 1. The lowest BCUT2D eigenvalue weighted by molar-refractivity contribution is 0.669. The largest absolute Gasteiger partial charge is 0.456 e. The second-order valence-electron chi connectivity index (χ2n) is 9.92. The summed E-state index contributed by atoms with van der Waals surface area (Å²) in [5.74, 6) is 1.85. The van der Waals surface area contributed by atoms with Crippen LogP contribution >= 0.6 is 0 Å². The highest BCUT2D eigenvalue weighted by molar-refractivity contribution is 6.12. The molecule has 0 fully saturated rings. The fourth-order valence-electron chi connectivity index (χ4n) is 5.33. The van der Waals surface area contributed by atoms with E-state index in [1.165, 1.54) is 0 Å². The Morgan fingerprint density at radius 3 is 1.88 bits per heavy atom. The van der Waals surface area contributed by atoms with Crippen LogP contribution in [0.4, 0.5) is 0 Å². The van der Waals surface area contributed by atoms with Crippen LogP contribution in [0.25, 0.3) is 78.3 Å². The summed E-state index contributed by atoms with van der Waals surface area (Å²) in [6.45, 7) is 0. The summed E-state index contributed by atoms with van der Waals surface area (Å²) in [7, 11) is 0. The molecule has 0 aliphatic carbocycles. The molecule has 3 aromatic heterocycles. The molecule has 0 unspecified atom stereocenters. The van der Waals surface area contributed by atoms with Crippen molar-refractivity contribution in [1.29, 1.82) is 0 Å². The maximum absolute atomic E-state index is 6.31. The zero-order valence-corrected chi connectivity index (χ0v) is 21.9. The van der Waals surface area contributed by atoms with Crippen molar-refractivity contribution in [3.05, 3.63) is 133 Å². The Balaban J connectivity index is 1.35. The predicted molar refractivity (Wildman–Crippen MR) is 164 cm³/mol. The van der Waals surface area contributed by atoms with Gasteiger partial charge in [-0.25, -0.2) is 19.9 Å². The summed E-state index contributed by atoms with van der Waals surface area (Å²) >= 11 is 0. The van der Waals surface area contributed by atoms with E-state index in [9.17, 15) is 0 Å². The van der Waals surface area contributed by atoms with E-state index in [0.29, 0.717) is 17.5 Å². The molecule has 0 amide bonds. The van der Waals surface area contributed by atoms with Gasteiger partial charge in [0.25, 0.3) is 0 Å². The molecule has 8 aromatic rings. The highest BCUT2D eigenvalue weighted by Crippen LogP contribution is 2.38. The highest BCUT2D eigenvalue weighted by atomic mass is 16.3. The Labute approximate surface area is 235 Å². The van der Waals surface area contributed by atoms with Crippen LogP contribution in [0.5, 0.6) is 0 Å². The maximum atomic E-state index is 6.31. The van der Waals surface area contributed by atoms with Gasteiger partial charge in [-0.2, -0.15) is 0 Å². The van der Waals surface area contributed by atoms with Crippen LogP contribution in [0.3, 0.4) is 0 Å². The van der Waals surface area contributed by atoms with Gasteiger partial charge in [0.1, 0.15) is 11.2 Å². The molecule has 41 heavy (non-hydrogen) atoms. The highest BCUT2D eigenvalue weighted by Gasteiger charge is 2.18. The third kappa shape index (κ3) is 4.12. The number of nitrogens with zero attached hydrogens (tertiary/aromatic N) is 4. The Kier molecular flexibility index (Phi) is 5.38. The van der Waals surface area contributed by atoms with Crippen LogP contribution in [0, 0.1) is 0 Å². The van der Waals surface area contributed by atoms with Gasteiger partial charge in [-0.05, 0) is 36.4 Å². The molecule has 3 heterocycles. The molecule has 0 N–H and O–H groups in total. The van der Waals surface area contributed by atoms with Gasteiger partial charge < -0.3 is 4.42 Å². The third-order valence-corrected chi connectivity index (χ3v) is 7.33. The van der Waals surface area contributed by atoms with Gasteiger partial charge in [0.2, 0.25) is 0 Å². The van der Waals surface area contributed by atoms with Crippen LogP contribution in [0.1, 0.15) is 0 Å². The van der Waals surface area contributed by atoms with Crippen molar-refractivity contribution in [3.8, 4) is 45.4 Å². The van der Waals surface area contributed by atoms with Crippen molar-refractivity contribution < 1.29 is 4.42 Å². The molecular formula is C36H22N4O. The van der Waals surface area contributed by atoms with E-state index in [0.717, 1.165) is 60.8 Å². The van der Waals surface area contributed by atoms with Gasteiger partial charge >= 0.3 is 0 Å². The van der Waals surface area contributed by atoms with Crippen LogP contribution in [-0.4, -0.2) is 19.9 Å². The molecule has 5 aromatic carbocycles. The summed E-state index contributed by atoms with van der Waals surface area (Å²) in [5.41, 5.74) is 7.24. The third-order valence-electron chi connectivity index (χ3n) is 7.33. The molecule has 0 aliphatic rings. The Morgan fingerprint density at radius 2 is 1.12 bits per heavy atom. The summed E-state index contributed by atoms with van der Waals surface area (Å²) in [4.78, 5) is 19.7. The first-order valence-electron chi connectivity index (χ1n) is 13.5. The molecule has 0 atom stereocenters. The molecular weight excluding hydrogens is 504 g/mol. The standard InChI is InChI=1S/C36H22N4O/c1-3-11-24(12-4-1)34-38-35(25-13-5-2-6-14-25)40-36(39-34)27-15-9-17-32-33(27)28-22-26(19-21-31(28)41-32)30-20-18-23-10-7-8-16-29(23)37-30/h1-22H. The van der Waals surface area contributed by atoms with E-state index in [-0.39, 0.29) is 0 Å². The molecule has 5 heteroatoms. The van der Waals surface area contributed by atoms with Crippen LogP contribution in [0.2, 0.25) is 0 Å². The monoisotopic (exact) mass is 526 g/mol.